The van der Waals surface area contributed by atoms with Crippen molar-refractivity contribution in [3.05, 3.63) is 58.4 Å². The summed E-state index contributed by atoms with van der Waals surface area (Å²) in [5.41, 5.74) is 1.29. The molecule has 21 heavy (non-hydrogen) atoms. The molecule has 0 amide bonds. The van der Waals surface area contributed by atoms with Crippen molar-refractivity contribution in [2.45, 2.75) is 18.6 Å². The van der Waals surface area contributed by atoms with Crippen LogP contribution in [0.1, 0.15) is 29.8 Å². The van der Waals surface area contributed by atoms with Crippen LogP contribution < -0.4 is 9.47 Å². The van der Waals surface area contributed by atoms with Crippen LogP contribution in [-0.4, -0.2) is 12.2 Å². The second-order valence-electron chi connectivity index (χ2n) is 4.96. The molecule has 0 fully saturated rings. The maximum atomic E-state index is 13.5. The maximum absolute atomic E-state index is 13.5. The van der Waals surface area contributed by atoms with Gasteiger partial charge in [0, 0.05) is 17.0 Å². The predicted octanol–water partition coefficient (Wildman–Crippen LogP) is 4.04. The van der Waals surface area contributed by atoms with Gasteiger partial charge in [0.2, 0.25) is 0 Å². The minimum atomic E-state index is -0.698. The minimum absolute atomic E-state index is 0.309. The number of benzene rings is 2. The molecule has 2 aromatic rings. The zero-order valence-corrected chi connectivity index (χ0v) is 12.1. The highest BCUT2D eigenvalue weighted by Gasteiger charge is 2.29. The van der Waals surface area contributed by atoms with Crippen molar-refractivity contribution < 1.29 is 19.0 Å². The third-order valence-corrected chi connectivity index (χ3v) is 3.76. The molecular weight excluding hydrogens is 295 g/mol. The van der Waals surface area contributed by atoms with Crippen molar-refractivity contribution in [3.8, 4) is 11.5 Å². The Labute approximate surface area is 126 Å². The van der Waals surface area contributed by atoms with Gasteiger partial charge in [-0.1, -0.05) is 11.6 Å². The lowest BCUT2D eigenvalue weighted by Crippen LogP contribution is -2.19. The molecule has 1 N–H and O–H groups in total. The number of halogens is 2. The zero-order chi connectivity index (χ0) is 15.0. The summed E-state index contributed by atoms with van der Waals surface area (Å²) in [5.74, 6) is 0.805. The van der Waals surface area contributed by atoms with Gasteiger partial charge in [0.15, 0.2) is 0 Å². The summed E-state index contributed by atoms with van der Waals surface area (Å²) in [4.78, 5) is 0. The molecule has 0 aromatic heterocycles. The van der Waals surface area contributed by atoms with Crippen LogP contribution in [0.3, 0.4) is 0 Å². The normalized spacial score (nSPS) is 20.6. The molecule has 0 bridgehead atoms. The molecule has 5 heteroatoms. The number of hydrogen-bond donors (Lipinski definition) is 1. The van der Waals surface area contributed by atoms with Crippen LogP contribution in [-0.2, 0) is 0 Å². The van der Waals surface area contributed by atoms with Gasteiger partial charge in [0.25, 0.3) is 0 Å². The zero-order valence-electron chi connectivity index (χ0n) is 11.3. The summed E-state index contributed by atoms with van der Waals surface area (Å²) < 4.78 is 24.5. The lowest BCUT2D eigenvalue weighted by molar-refractivity contribution is 0.0653. The second kappa shape index (κ2) is 5.54. The Kier molecular flexibility index (Phi) is 3.74. The highest BCUT2D eigenvalue weighted by Crippen LogP contribution is 2.42. The van der Waals surface area contributed by atoms with E-state index in [4.69, 9.17) is 21.1 Å². The van der Waals surface area contributed by atoms with Gasteiger partial charge in [0.05, 0.1) is 13.2 Å². The molecule has 1 aliphatic rings. The van der Waals surface area contributed by atoms with Gasteiger partial charge < -0.3 is 14.6 Å². The first kappa shape index (κ1) is 14.2. The lowest BCUT2D eigenvalue weighted by atomic mass is 9.95. The Hall–Kier alpha value is -1.78. The van der Waals surface area contributed by atoms with E-state index in [0.717, 1.165) is 0 Å². The molecule has 0 aliphatic carbocycles. The average molecular weight is 309 g/mol. The van der Waals surface area contributed by atoms with Gasteiger partial charge >= 0.3 is 0 Å². The third kappa shape index (κ3) is 2.82. The maximum Gasteiger partial charge on any atom is 0.127 e. The van der Waals surface area contributed by atoms with Crippen LogP contribution in [0.25, 0.3) is 0 Å². The van der Waals surface area contributed by atoms with E-state index in [1.807, 2.05) is 0 Å². The Morgan fingerprint density at radius 3 is 2.81 bits per heavy atom. The quantitative estimate of drug-likeness (QED) is 0.910. The molecule has 2 atom stereocenters. The molecule has 3 nitrogen and oxygen atoms in total. The molecule has 1 heterocycles. The second-order valence-corrected chi connectivity index (χ2v) is 5.40. The van der Waals surface area contributed by atoms with E-state index in [2.05, 4.69) is 0 Å². The van der Waals surface area contributed by atoms with Gasteiger partial charge in [-0.05, 0) is 42.0 Å². The van der Waals surface area contributed by atoms with Gasteiger partial charge in [-0.2, -0.15) is 0 Å². The van der Waals surface area contributed by atoms with Crippen LogP contribution in [0.15, 0.2) is 36.4 Å². The van der Waals surface area contributed by atoms with Crippen molar-refractivity contribution >= 4 is 11.6 Å². The van der Waals surface area contributed by atoms with E-state index in [0.29, 0.717) is 34.1 Å². The number of fused-ring (bicyclic) bond motifs is 1. The van der Waals surface area contributed by atoms with E-state index >= 15 is 0 Å². The molecule has 0 saturated carbocycles. The fourth-order valence-corrected chi connectivity index (χ4v) is 2.75. The van der Waals surface area contributed by atoms with Gasteiger partial charge in [0.1, 0.15) is 23.4 Å². The van der Waals surface area contributed by atoms with Gasteiger partial charge in [-0.3, -0.25) is 0 Å². The minimum Gasteiger partial charge on any atom is -0.497 e. The monoisotopic (exact) mass is 308 g/mol. The van der Waals surface area contributed by atoms with Gasteiger partial charge in [-0.15, -0.1) is 0 Å². The van der Waals surface area contributed by atoms with Crippen LogP contribution >= 0.6 is 11.6 Å². The van der Waals surface area contributed by atoms with E-state index in [1.165, 1.54) is 12.1 Å². The molecule has 0 radical (unpaired) electrons. The smallest absolute Gasteiger partial charge is 0.127 e. The van der Waals surface area contributed by atoms with Crippen molar-refractivity contribution in [1.82, 2.24) is 0 Å². The summed E-state index contributed by atoms with van der Waals surface area (Å²) >= 11 is 5.87. The first-order valence-corrected chi connectivity index (χ1v) is 6.93. The summed E-state index contributed by atoms with van der Waals surface area (Å²) in [5, 5.41) is 10.6. The number of hydrogen-bond acceptors (Lipinski definition) is 3. The van der Waals surface area contributed by atoms with E-state index in [9.17, 15) is 9.50 Å². The van der Waals surface area contributed by atoms with Crippen molar-refractivity contribution in [1.29, 1.82) is 0 Å². The number of ether oxygens (including phenoxy) is 2. The number of rotatable bonds is 2. The highest BCUT2D eigenvalue weighted by molar-refractivity contribution is 6.30. The predicted molar refractivity (Wildman–Crippen MR) is 77.3 cm³/mol. The molecule has 3 rings (SSSR count). The molecular formula is C16H14ClFO3. The fourth-order valence-electron chi connectivity index (χ4n) is 2.52. The standard InChI is InChI=1S/C16H14ClFO3/c1-20-12-2-3-15-13(7-12)14(19)8-16(21-15)9-4-10(17)6-11(18)5-9/h2-7,14,16,19H,8H2,1H3/t14-,16?/m1/s1. The van der Waals surface area contributed by atoms with Crippen LogP contribution in [0, 0.1) is 5.82 Å². The van der Waals surface area contributed by atoms with Crippen molar-refractivity contribution in [2.75, 3.05) is 7.11 Å². The molecule has 0 spiro atoms. The van der Waals surface area contributed by atoms with Crippen molar-refractivity contribution in [3.63, 3.8) is 0 Å². The SMILES string of the molecule is COc1ccc2c(c1)[C@H](O)CC(c1cc(F)cc(Cl)c1)O2. The molecule has 2 aromatic carbocycles. The Bertz CT molecular complexity index is 654. The van der Waals surface area contributed by atoms with E-state index in [1.54, 1.807) is 31.4 Å². The third-order valence-electron chi connectivity index (χ3n) is 3.54. The Morgan fingerprint density at radius 1 is 1.29 bits per heavy atom. The van der Waals surface area contributed by atoms with Crippen molar-refractivity contribution in [2.24, 2.45) is 0 Å². The summed E-state index contributed by atoms with van der Waals surface area (Å²) in [6.07, 6.45) is -0.801. The first-order chi connectivity index (χ1) is 10.1. The lowest BCUT2D eigenvalue weighted by Gasteiger charge is -2.30. The topological polar surface area (TPSA) is 38.7 Å². The number of aliphatic hydroxyl groups excluding tert-OH is 1. The van der Waals surface area contributed by atoms with E-state index < -0.39 is 18.0 Å². The molecule has 1 aliphatic heterocycles. The number of methoxy groups -OCH3 is 1. The largest absolute Gasteiger partial charge is 0.497 e. The molecule has 110 valence electrons. The summed E-state index contributed by atoms with van der Waals surface area (Å²) in [6, 6.07) is 9.50. The van der Waals surface area contributed by atoms with Gasteiger partial charge in [-0.25, -0.2) is 4.39 Å². The Balaban J connectivity index is 1.94. The average Bonchev–Trinajstić information content (AvgIpc) is 2.46. The first-order valence-electron chi connectivity index (χ1n) is 6.55. The highest BCUT2D eigenvalue weighted by atomic mass is 35.5. The summed E-state index contributed by atoms with van der Waals surface area (Å²) in [6.45, 7) is 0. The fraction of sp³-hybridized carbons (Fsp3) is 0.250. The Morgan fingerprint density at radius 2 is 2.10 bits per heavy atom. The van der Waals surface area contributed by atoms with Crippen LogP contribution in [0.5, 0.6) is 11.5 Å². The molecule has 0 saturated heterocycles. The van der Waals surface area contributed by atoms with E-state index in [-0.39, 0.29) is 0 Å². The molecule has 1 unspecified atom stereocenters. The summed E-state index contributed by atoms with van der Waals surface area (Å²) in [7, 11) is 1.56. The number of aliphatic hydroxyl groups is 1. The van der Waals surface area contributed by atoms with Crippen LogP contribution in [0.4, 0.5) is 4.39 Å². The van der Waals surface area contributed by atoms with Crippen LogP contribution in [0.2, 0.25) is 5.02 Å².